The molecule has 0 bridgehead atoms. The van der Waals surface area contributed by atoms with Crippen LogP contribution in [0.1, 0.15) is 21.7 Å². The standard InChI is InChI=1S/C13H16N4O/c1-8-4-5-10(7-11(8)14)15-13(18)12-6-9(2)16-17(12)3/h4-7H,14H2,1-3H3,(H,15,18). The van der Waals surface area contributed by atoms with Crippen LogP contribution in [0.2, 0.25) is 0 Å². The Hall–Kier alpha value is -2.30. The molecule has 0 atom stereocenters. The summed E-state index contributed by atoms with van der Waals surface area (Å²) in [4.78, 5) is 12.0. The van der Waals surface area contributed by atoms with Gasteiger partial charge in [0.2, 0.25) is 0 Å². The second-order valence-corrected chi connectivity index (χ2v) is 4.32. The van der Waals surface area contributed by atoms with Crippen molar-refractivity contribution >= 4 is 17.3 Å². The molecule has 1 heterocycles. The van der Waals surface area contributed by atoms with E-state index in [1.807, 2.05) is 26.0 Å². The van der Waals surface area contributed by atoms with Crippen molar-refractivity contribution in [3.05, 3.63) is 41.2 Å². The van der Waals surface area contributed by atoms with Gasteiger partial charge in [-0.1, -0.05) is 6.07 Å². The van der Waals surface area contributed by atoms with Gasteiger partial charge in [-0.3, -0.25) is 9.48 Å². The van der Waals surface area contributed by atoms with Crippen molar-refractivity contribution in [1.29, 1.82) is 0 Å². The Kier molecular flexibility index (Phi) is 3.06. The lowest BCUT2D eigenvalue weighted by atomic mass is 10.2. The van der Waals surface area contributed by atoms with Crippen molar-refractivity contribution in [3.63, 3.8) is 0 Å². The number of amides is 1. The summed E-state index contributed by atoms with van der Waals surface area (Å²) >= 11 is 0. The van der Waals surface area contributed by atoms with Gasteiger partial charge in [-0.25, -0.2) is 0 Å². The first-order chi connectivity index (χ1) is 8.47. The van der Waals surface area contributed by atoms with Gasteiger partial charge in [0.05, 0.1) is 5.69 Å². The van der Waals surface area contributed by atoms with Gasteiger partial charge in [-0.15, -0.1) is 0 Å². The summed E-state index contributed by atoms with van der Waals surface area (Å²) in [5.74, 6) is -0.193. The summed E-state index contributed by atoms with van der Waals surface area (Å²) in [5, 5.41) is 6.94. The highest BCUT2D eigenvalue weighted by atomic mass is 16.2. The smallest absolute Gasteiger partial charge is 0.273 e. The molecule has 1 amide bonds. The Morgan fingerprint density at radius 3 is 2.61 bits per heavy atom. The number of nitrogens with zero attached hydrogens (tertiary/aromatic N) is 2. The highest BCUT2D eigenvalue weighted by Crippen LogP contribution is 2.17. The third kappa shape index (κ3) is 2.34. The number of carbonyl (C=O) groups is 1. The third-order valence-electron chi connectivity index (χ3n) is 2.77. The van der Waals surface area contributed by atoms with Gasteiger partial charge < -0.3 is 11.1 Å². The van der Waals surface area contributed by atoms with E-state index in [1.165, 1.54) is 0 Å². The van der Waals surface area contributed by atoms with E-state index in [0.29, 0.717) is 17.1 Å². The molecule has 94 valence electrons. The molecule has 3 N–H and O–H groups in total. The second-order valence-electron chi connectivity index (χ2n) is 4.32. The maximum absolute atomic E-state index is 12.0. The molecule has 0 aliphatic carbocycles. The van der Waals surface area contributed by atoms with E-state index >= 15 is 0 Å². The van der Waals surface area contributed by atoms with Crippen molar-refractivity contribution in [2.45, 2.75) is 13.8 Å². The van der Waals surface area contributed by atoms with Crippen LogP contribution in [0.15, 0.2) is 24.3 Å². The zero-order valence-electron chi connectivity index (χ0n) is 10.7. The van der Waals surface area contributed by atoms with E-state index in [-0.39, 0.29) is 5.91 Å². The van der Waals surface area contributed by atoms with Crippen molar-refractivity contribution in [3.8, 4) is 0 Å². The lowest BCUT2D eigenvalue weighted by Gasteiger charge is -2.07. The predicted molar refractivity (Wildman–Crippen MR) is 71.5 cm³/mol. The average Bonchev–Trinajstić information content (AvgIpc) is 2.63. The minimum absolute atomic E-state index is 0.193. The first-order valence-electron chi connectivity index (χ1n) is 5.65. The quantitative estimate of drug-likeness (QED) is 0.792. The van der Waals surface area contributed by atoms with Gasteiger partial charge in [0.25, 0.3) is 5.91 Å². The fourth-order valence-corrected chi connectivity index (χ4v) is 1.74. The number of nitrogens with one attached hydrogen (secondary N) is 1. The zero-order valence-corrected chi connectivity index (χ0v) is 10.7. The van der Waals surface area contributed by atoms with Gasteiger partial charge in [0.1, 0.15) is 5.69 Å². The number of benzene rings is 1. The van der Waals surface area contributed by atoms with Crippen molar-refractivity contribution in [1.82, 2.24) is 9.78 Å². The molecule has 0 fully saturated rings. The van der Waals surface area contributed by atoms with Crippen LogP contribution in [0.5, 0.6) is 0 Å². The Balaban J connectivity index is 2.21. The van der Waals surface area contributed by atoms with E-state index in [9.17, 15) is 4.79 Å². The molecular weight excluding hydrogens is 228 g/mol. The van der Waals surface area contributed by atoms with Crippen LogP contribution >= 0.6 is 0 Å². The van der Waals surface area contributed by atoms with Crippen LogP contribution in [0, 0.1) is 13.8 Å². The summed E-state index contributed by atoms with van der Waals surface area (Å²) < 4.78 is 1.56. The van der Waals surface area contributed by atoms with Crippen LogP contribution in [0.4, 0.5) is 11.4 Å². The Bertz CT molecular complexity index is 601. The fourth-order valence-electron chi connectivity index (χ4n) is 1.74. The summed E-state index contributed by atoms with van der Waals surface area (Å²) in [6, 6.07) is 7.19. The molecule has 2 aromatic rings. The molecule has 0 saturated heterocycles. The van der Waals surface area contributed by atoms with E-state index in [2.05, 4.69) is 10.4 Å². The topological polar surface area (TPSA) is 72.9 Å². The van der Waals surface area contributed by atoms with Crippen LogP contribution in [-0.2, 0) is 7.05 Å². The normalized spacial score (nSPS) is 10.4. The summed E-state index contributed by atoms with van der Waals surface area (Å²) in [6.45, 7) is 3.77. The Morgan fingerprint density at radius 1 is 1.33 bits per heavy atom. The largest absolute Gasteiger partial charge is 0.398 e. The number of aromatic nitrogens is 2. The van der Waals surface area contributed by atoms with Crippen molar-refractivity contribution < 1.29 is 4.79 Å². The molecule has 18 heavy (non-hydrogen) atoms. The Morgan fingerprint density at radius 2 is 2.06 bits per heavy atom. The number of hydrogen-bond donors (Lipinski definition) is 2. The molecule has 1 aromatic carbocycles. The lowest BCUT2D eigenvalue weighted by Crippen LogP contribution is -2.16. The number of anilines is 2. The summed E-state index contributed by atoms with van der Waals surface area (Å²) in [7, 11) is 1.74. The van der Waals surface area contributed by atoms with Gasteiger partial charge in [-0.05, 0) is 37.6 Å². The monoisotopic (exact) mass is 244 g/mol. The maximum atomic E-state index is 12.0. The SMILES string of the molecule is Cc1cc(C(=O)Nc2ccc(C)c(N)c2)n(C)n1. The number of hydrogen-bond acceptors (Lipinski definition) is 3. The molecule has 1 aromatic heterocycles. The molecular formula is C13H16N4O. The number of rotatable bonds is 2. The second kappa shape index (κ2) is 4.52. The molecule has 0 saturated carbocycles. The van der Waals surface area contributed by atoms with Crippen LogP contribution < -0.4 is 11.1 Å². The predicted octanol–water partition coefficient (Wildman–Crippen LogP) is 1.87. The van der Waals surface area contributed by atoms with E-state index in [1.54, 1.807) is 23.9 Å². The van der Waals surface area contributed by atoms with E-state index < -0.39 is 0 Å². The van der Waals surface area contributed by atoms with Crippen LogP contribution in [0.25, 0.3) is 0 Å². The molecule has 0 aliphatic rings. The first kappa shape index (κ1) is 12.2. The number of aryl methyl sites for hydroxylation is 3. The van der Waals surface area contributed by atoms with Crippen molar-refractivity contribution in [2.24, 2.45) is 7.05 Å². The molecule has 0 unspecified atom stereocenters. The van der Waals surface area contributed by atoms with Crippen LogP contribution in [-0.4, -0.2) is 15.7 Å². The number of nitrogens with two attached hydrogens (primary N) is 1. The molecule has 0 aliphatic heterocycles. The molecule has 0 spiro atoms. The highest BCUT2D eigenvalue weighted by molar-refractivity contribution is 6.03. The van der Waals surface area contributed by atoms with E-state index in [4.69, 9.17) is 5.73 Å². The Labute approximate surface area is 106 Å². The van der Waals surface area contributed by atoms with Crippen molar-refractivity contribution in [2.75, 3.05) is 11.1 Å². The maximum Gasteiger partial charge on any atom is 0.273 e. The highest BCUT2D eigenvalue weighted by Gasteiger charge is 2.12. The molecule has 5 nitrogen and oxygen atoms in total. The zero-order chi connectivity index (χ0) is 13.3. The number of carbonyl (C=O) groups excluding carboxylic acids is 1. The van der Waals surface area contributed by atoms with Crippen LogP contribution in [0.3, 0.4) is 0 Å². The minimum atomic E-state index is -0.193. The first-order valence-corrected chi connectivity index (χ1v) is 5.65. The third-order valence-corrected chi connectivity index (χ3v) is 2.77. The van der Waals surface area contributed by atoms with Gasteiger partial charge in [-0.2, -0.15) is 5.10 Å². The average molecular weight is 244 g/mol. The molecule has 0 radical (unpaired) electrons. The van der Waals surface area contributed by atoms with Gasteiger partial charge >= 0.3 is 0 Å². The molecule has 5 heteroatoms. The van der Waals surface area contributed by atoms with Gasteiger partial charge in [0.15, 0.2) is 0 Å². The van der Waals surface area contributed by atoms with E-state index in [0.717, 1.165) is 11.3 Å². The summed E-state index contributed by atoms with van der Waals surface area (Å²) in [6.07, 6.45) is 0. The minimum Gasteiger partial charge on any atom is -0.398 e. The fraction of sp³-hybridized carbons (Fsp3) is 0.231. The molecule has 2 rings (SSSR count). The summed E-state index contributed by atoms with van der Waals surface area (Å²) in [5.41, 5.74) is 9.47. The lowest BCUT2D eigenvalue weighted by molar-refractivity contribution is 0.101. The number of nitrogen functional groups attached to an aromatic ring is 1. The van der Waals surface area contributed by atoms with Gasteiger partial charge in [0, 0.05) is 18.4 Å².